The Hall–Kier alpha value is -2.14. The molecule has 0 aliphatic carbocycles. The summed E-state index contributed by atoms with van der Waals surface area (Å²) in [6, 6.07) is 14.2. The largest absolute Gasteiger partial charge is 0.350 e. The molecule has 0 aromatic heterocycles. The van der Waals surface area contributed by atoms with E-state index in [4.69, 9.17) is 0 Å². The molecule has 1 unspecified atom stereocenters. The molecular formula is C18H19BrN2O2. The number of carbonyl (C=O) groups is 2. The van der Waals surface area contributed by atoms with Crippen LogP contribution < -0.4 is 10.6 Å². The topological polar surface area (TPSA) is 58.2 Å². The fourth-order valence-corrected chi connectivity index (χ4v) is 2.38. The molecule has 0 saturated heterocycles. The van der Waals surface area contributed by atoms with E-state index in [0.717, 1.165) is 10.9 Å². The van der Waals surface area contributed by atoms with Crippen LogP contribution in [0, 0.1) is 0 Å². The summed E-state index contributed by atoms with van der Waals surface area (Å²) in [5.41, 5.74) is 1.62. The highest BCUT2D eigenvalue weighted by atomic mass is 79.9. The smallest absolute Gasteiger partial charge is 0.255 e. The van der Waals surface area contributed by atoms with Gasteiger partial charge in [-0.3, -0.25) is 9.59 Å². The van der Waals surface area contributed by atoms with E-state index in [2.05, 4.69) is 26.6 Å². The molecule has 2 aromatic carbocycles. The highest BCUT2D eigenvalue weighted by Gasteiger charge is 2.12. The highest BCUT2D eigenvalue weighted by molar-refractivity contribution is 9.10. The van der Waals surface area contributed by atoms with Gasteiger partial charge in [-0.05, 0) is 49.7 Å². The lowest BCUT2D eigenvalue weighted by molar-refractivity contribution is 0.0939. The molecule has 0 fully saturated rings. The van der Waals surface area contributed by atoms with Gasteiger partial charge in [0.25, 0.3) is 11.8 Å². The molecule has 0 radical (unpaired) electrons. The first-order valence-electron chi connectivity index (χ1n) is 7.47. The Bertz CT molecular complexity index is 716. The van der Waals surface area contributed by atoms with Crippen molar-refractivity contribution in [3.8, 4) is 0 Å². The van der Waals surface area contributed by atoms with Crippen molar-refractivity contribution >= 4 is 33.4 Å². The van der Waals surface area contributed by atoms with Crippen LogP contribution in [0.2, 0.25) is 0 Å². The zero-order chi connectivity index (χ0) is 16.8. The zero-order valence-corrected chi connectivity index (χ0v) is 14.7. The van der Waals surface area contributed by atoms with Gasteiger partial charge in [-0.2, -0.15) is 0 Å². The molecule has 0 heterocycles. The van der Waals surface area contributed by atoms with E-state index in [1.165, 1.54) is 0 Å². The maximum absolute atomic E-state index is 12.3. The van der Waals surface area contributed by atoms with Gasteiger partial charge in [-0.1, -0.05) is 35.0 Å². The van der Waals surface area contributed by atoms with E-state index < -0.39 is 0 Å². The molecular weight excluding hydrogens is 356 g/mol. The molecule has 2 N–H and O–H groups in total. The molecule has 2 aromatic rings. The van der Waals surface area contributed by atoms with Gasteiger partial charge in [0.15, 0.2) is 0 Å². The van der Waals surface area contributed by atoms with Crippen molar-refractivity contribution in [3.05, 3.63) is 64.1 Å². The number of hydrogen-bond acceptors (Lipinski definition) is 2. The van der Waals surface area contributed by atoms with Gasteiger partial charge in [-0.15, -0.1) is 0 Å². The lowest BCUT2D eigenvalue weighted by Crippen LogP contribution is -2.32. The van der Waals surface area contributed by atoms with Crippen LogP contribution in [0.5, 0.6) is 0 Å². The quantitative estimate of drug-likeness (QED) is 0.822. The number of hydrogen-bond donors (Lipinski definition) is 2. The second-order valence-electron chi connectivity index (χ2n) is 5.33. The minimum absolute atomic E-state index is 0.0988. The van der Waals surface area contributed by atoms with Crippen molar-refractivity contribution in [2.75, 3.05) is 5.32 Å². The standard InChI is InChI=1S/C18H19BrN2O2/c1-3-12(2)20-17(22)13-6-4-7-14(10-13)18(23)21-16-9-5-8-15(19)11-16/h4-12H,3H2,1-2H3,(H,20,22)(H,21,23). The van der Waals surface area contributed by atoms with Crippen LogP contribution >= 0.6 is 15.9 Å². The van der Waals surface area contributed by atoms with Crippen molar-refractivity contribution in [1.29, 1.82) is 0 Å². The van der Waals surface area contributed by atoms with Gasteiger partial charge in [-0.25, -0.2) is 0 Å². The molecule has 4 nitrogen and oxygen atoms in total. The number of halogens is 1. The SMILES string of the molecule is CCC(C)NC(=O)c1cccc(C(=O)Nc2cccc(Br)c2)c1. The monoisotopic (exact) mass is 374 g/mol. The van der Waals surface area contributed by atoms with Gasteiger partial charge < -0.3 is 10.6 Å². The second kappa shape index (κ2) is 7.92. The van der Waals surface area contributed by atoms with Gasteiger partial charge in [0.2, 0.25) is 0 Å². The van der Waals surface area contributed by atoms with Crippen molar-refractivity contribution < 1.29 is 9.59 Å². The minimum atomic E-state index is -0.249. The Labute approximate surface area is 144 Å². The molecule has 120 valence electrons. The van der Waals surface area contributed by atoms with Crippen molar-refractivity contribution in [2.45, 2.75) is 26.3 Å². The first kappa shape index (κ1) is 17.2. The Morgan fingerprint density at radius 2 is 1.70 bits per heavy atom. The van der Waals surface area contributed by atoms with E-state index >= 15 is 0 Å². The van der Waals surface area contributed by atoms with Crippen LogP contribution in [0.3, 0.4) is 0 Å². The van der Waals surface area contributed by atoms with E-state index in [-0.39, 0.29) is 17.9 Å². The summed E-state index contributed by atoms with van der Waals surface area (Å²) in [7, 11) is 0. The number of rotatable bonds is 5. The third kappa shape index (κ3) is 4.93. The summed E-state index contributed by atoms with van der Waals surface area (Å²) in [5, 5.41) is 5.71. The predicted molar refractivity (Wildman–Crippen MR) is 95.8 cm³/mol. The summed E-state index contributed by atoms with van der Waals surface area (Å²) in [5.74, 6) is -0.419. The molecule has 2 rings (SSSR count). The lowest BCUT2D eigenvalue weighted by Gasteiger charge is -2.12. The van der Waals surface area contributed by atoms with Crippen LogP contribution in [-0.4, -0.2) is 17.9 Å². The third-order valence-corrected chi connectivity index (χ3v) is 3.95. The first-order valence-corrected chi connectivity index (χ1v) is 8.26. The second-order valence-corrected chi connectivity index (χ2v) is 6.24. The van der Waals surface area contributed by atoms with Crippen LogP contribution in [-0.2, 0) is 0 Å². The average molecular weight is 375 g/mol. The molecule has 0 bridgehead atoms. The molecule has 0 aliphatic rings. The normalized spacial score (nSPS) is 11.6. The first-order chi connectivity index (χ1) is 11.0. The average Bonchev–Trinajstić information content (AvgIpc) is 2.54. The Balaban J connectivity index is 2.12. The highest BCUT2D eigenvalue weighted by Crippen LogP contribution is 2.17. The number of benzene rings is 2. The third-order valence-electron chi connectivity index (χ3n) is 3.46. The van der Waals surface area contributed by atoms with Crippen LogP contribution in [0.25, 0.3) is 0 Å². The Kier molecular flexibility index (Phi) is 5.93. The molecule has 0 spiro atoms. The van der Waals surface area contributed by atoms with Gasteiger partial charge >= 0.3 is 0 Å². The Morgan fingerprint density at radius 1 is 1.04 bits per heavy atom. The predicted octanol–water partition coefficient (Wildman–Crippen LogP) is 4.23. The molecule has 0 saturated carbocycles. The summed E-state index contributed by atoms with van der Waals surface area (Å²) < 4.78 is 0.886. The van der Waals surface area contributed by atoms with Crippen molar-refractivity contribution in [1.82, 2.24) is 5.32 Å². The van der Waals surface area contributed by atoms with Crippen LogP contribution in [0.4, 0.5) is 5.69 Å². The fourth-order valence-electron chi connectivity index (χ4n) is 1.98. The molecule has 5 heteroatoms. The number of carbonyl (C=O) groups excluding carboxylic acids is 2. The van der Waals surface area contributed by atoms with Crippen LogP contribution in [0.15, 0.2) is 53.0 Å². The van der Waals surface area contributed by atoms with E-state index in [1.54, 1.807) is 24.3 Å². The fraction of sp³-hybridized carbons (Fsp3) is 0.222. The minimum Gasteiger partial charge on any atom is -0.350 e. The Morgan fingerprint density at radius 3 is 2.35 bits per heavy atom. The molecule has 2 amide bonds. The van der Waals surface area contributed by atoms with E-state index in [1.807, 2.05) is 38.1 Å². The maximum Gasteiger partial charge on any atom is 0.255 e. The summed E-state index contributed by atoms with van der Waals surface area (Å²) in [4.78, 5) is 24.5. The number of amides is 2. The van der Waals surface area contributed by atoms with Crippen LogP contribution in [0.1, 0.15) is 41.0 Å². The van der Waals surface area contributed by atoms with Gasteiger partial charge in [0, 0.05) is 27.3 Å². The van der Waals surface area contributed by atoms with Gasteiger partial charge in [0.1, 0.15) is 0 Å². The summed E-state index contributed by atoms with van der Waals surface area (Å²) in [6.07, 6.45) is 0.856. The zero-order valence-electron chi connectivity index (χ0n) is 13.1. The summed E-state index contributed by atoms with van der Waals surface area (Å²) >= 11 is 3.36. The number of nitrogens with one attached hydrogen (secondary N) is 2. The van der Waals surface area contributed by atoms with Crippen molar-refractivity contribution in [2.24, 2.45) is 0 Å². The molecule has 0 aliphatic heterocycles. The van der Waals surface area contributed by atoms with Gasteiger partial charge in [0.05, 0.1) is 0 Å². The lowest BCUT2D eigenvalue weighted by atomic mass is 10.1. The van der Waals surface area contributed by atoms with E-state index in [0.29, 0.717) is 16.8 Å². The maximum atomic E-state index is 12.3. The van der Waals surface area contributed by atoms with Crippen molar-refractivity contribution in [3.63, 3.8) is 0 Å². The summed E-state index contributed by atoms with van der Waals surface area (Å²) in [6.45, 7) is 3.95. The van der Waals surface area contributed by atoms with E-state index in [9.17, 15) is 9.59 Å². The molecule has 1 atom stereocenters. The number of anilines is 1. The molecule has 23 heavy (non-hydrogen) atoms.